The first-order valence-corrected chi connectivity index (χ1v) is 6.56. The average Bonchev–Trinajstić information content (AvgIpc) is 2.31. The van der Waals surface area contributed by atoms with E-state index < -0.39 is 24.5 Å². The van der Waals surface area contributed by atoms with E-state index in [-0.39, 0.29) is 24.9 Å². The molecule has 0 aliphatic rings. The molecule has 118 valence electrons. The summed E-state index contributed by atoms with van der Waals surface area (Å²) in [4.78, 5) is 21.6. The van der Waals surface area contributed by atoms with E-state index in [0.717, 1.165) is 0 Å². The van der Waals surface area contributed by atoms with Crippen LogP contribution in [0.5, 0.6) is 0 Å². The molecule has 3 unspecified atom stereocenters. The number of esters is 1. The second kappa shape index (κ2) is 9.68. The van der Waals surface area contributed by atoms with Gasteiger partial charge in [0.25, 0.3) is 0 Å². The number of ether oxygens (including phenoxy) is 3. The molecule has 0 aromatic heterocycles. The molecule has 0 fully saturated rings. The van der Waals surface area contributed by atoms with Gasteiger partial charge in [0.05, 0.1) is 31.3 Å². The molecule has 0 radical (unpaired) electrons. The molecule has 0 amide bonds. The summed E-state index contributed by atoms with van der Waals surface area (Å²) in [6, 6.07) is 0. The number of aliphatic hydroxyl groups excluding tert-OH is 1. The topological polar surface area (TPSA) is 102 Å². The minimum atomic E-state index is -1.65. The summed E-state index contributed by atoms with van der Waals surface area (Å²) < 4.78 is 15.6. The third kappa shape index (κ3) is 9.71. The molecule has 0 heterocycles. The number of carboxylic acid groups (broad SMARTS) is 1. The Labute approximate surface area is 118 Å². The highest BCUT2D eigenvalue weighted by atomic mass is 16.6. The van der Waals surface area contributed by atoms with Crippen molar-refractivity contribution < 1.29 is 34.0 Å². The number of aliphatic carboxylic acids is 1. The third-order valence-electron chi connectivity index (χ3n) is 2.22. The zero-order chi connectivity index (χ0) is 15.7. The van der Waals surface area contributed by atoms with E-state index in [9.17, 15) is 14.7 Å². The van der Waals surface area contributed by atoms with Crippen molar-refractivity contribution in [3.05, 3.63) is 0 Å². The summed E-state index contributed by atoms with van der Waals surface area (Å²) in [5.74, 6) is -2.23. The van der Waals surface area contributed by atoms with E-state index in [4.69, 9.17) is 19.3 Å². The van der Waals surface area contributed by atoms with Crippen LogP contribution in [0.25, 0.3) is 0 Å². The van der Waals surface area contributed by atoms with Crippen LogP contribution < -0.4 is 0 Å². The van der Waals surface area contributed by atoms with E-state index in [1.807, 2.05) is 20.8 Å². The monoisotopic (exact) mass is 292 g/mol. The first-order chi connectivity index (χ1) is 9.22. The quantitative estimate of drug-likeness (QED) is 0.568. The smallest absolute Gasteiger partial charge is 0.335 e. The molecule has 0 saturated heterocycles. The fourth-order valence-electron chi connectivity index (χ4n) is 1.40. The summed E-state index contributed by atoms with van der Waals surface area (Å²) in [5, 5.41) is 17.6. The van der Waals surface area contributed by atoms with Gasteiger partial charge < -0.3 is 24.4 Å². The Bertz CT molecular complexity index is 303. The largest absolute Gasteiger partial charge is 0.481 e. The maximum Gasteiger partial charge on any atom is 0.335 e. The standard InChI is InChI=1S/C13H24O7/c1-8(2)20-10(4)7-18-9(3)6-19-13(17)11(14)5-12(15)16/h8-11,14H,5-7H2,1-4H3,(H,15,16). The first kappa shape index (κ1) is 18.8. The van der Waals surface area contributed by atoms with Gasteiger partial charge in [0.1, 0.15) is 6.61 Å². The molecule has 0 saturated carbocycles. The zero-order valence-electron chi connectivity index (χ0n) is 12.4. The van der Waals surface area contributed by atoms with Gasteiger partial charge in [-0.2, -0.15) is 0 Å². The molecule has 0 aromatic rings. The lowest BCUT2D eigenvalue weighted by Crippen LogP contribution is -2.30. The minimum absolute atomic E-state index is 0.0517. The molecule has 2 N–H and O–H groups in total. The molecule has 0 aromatic carbocycles. The predicted octanol–water partition coefficient (Wildman–Crippen LogP) is 0.584. The molecule has 0 aliphatic heterocycles. The van der Waals surface area contributed by atoms with Crippen molar-refractivity contribution in [3.8, 4) is 0 Å². The molecular weight excluding hydrogens is 268 g/mol. The summed E-state index contributed by atoms with van der Waals surface area (Å²) in [5.41, 5.74) is 0. The highest BCUT2D eigenvalue weighted by Crippen LogP contribution is 2.02. The molecule has 7 heteroatoms. The van der Waals surface area contributed by atoms with E-state index in [1.165, 1.54) is 0 Å². The van der Waals surface area contributed by atoms with Crippen molar-refractivity contribution in [2.75, 3.05) is 13.2 Å². The Balaban J connectivity index is 3.84. The van der Waals surface area contributed by atoms with Gasteiger partial charge in [-0.25, -0.2) is 4.79 Å². The maximum absolute atomic E-state index is 11.3. The van der Waals surface area contributed by atoms with E-state index in [1.54, 1.807) is 6.92 Å². The Morgan fingerprint density at radius 1 is 1.05 bits per heavy atom. The van der Waals surface area contributed by atoms with Gasteiger partial charge in [0.2, 0.25) is 0 Å². The van der Waals surface area contributed by atoms with E-state index in [2.05, 4.69) is 0 Å². The lowest BCUT2D eigenvalue weighted by atomic mass is 10.2. The van der Waals surface area contributed by atoms with Gasteiger partial charge in [-0.15, -0.1) is 0 Å². The molecule has 0 bridgehead atoms. The zero-order valence-corrected chi connectivity index (χ0v) is 12.4. The number of hydrogen-bond acceptors (Lipinski definition) is 6. The van der Waals surface area contributed by atoms with Crippen molar-refractivity contribution in [3.63, 3.8) is 0 Å². The molecule has 0 aliphatic carbocycles. The van der Waals surface area contributed by atoms with Crippen LogP contribution in [0, 0.1) is 0 Å². The summed E-state index contributed by atoms with van der Waals surface area (Å²) in [6.45, 7) is 7.73. The number of carbonyl (C=O) groups is 2. The van der Waals surface area contributed by atoms with Crippen LogP contribution in [0.2, 0.25) is 0 Å². The van der Waals surface area contributed by atoms with Crippen molar-refractivity contribution in [2.45, 2.75) is 58.5 Å². The molecule has 0 spiro atoms. The van der Waals surface area contributed by atoms with Crippen LogP contribution in [0.3, 0.4) is 0 Å². The predicted molar refractivity (Wildman–Crippen MR) is 70.3 cm³/mol. The highest BCUT2D eigenvalue weighted by Gasteiger charge is 2.21. The number of carbonyl (C=O) groups excluding carboxylic acids is 1. The van der Waals surface area contributed by atoms with Crippen LogP contribution >= 0.6 is 0 Å². The van der Waals surface area contributed by atoms with Gasteiger partial charge in [0, 0.05) is 0 Å². The Hall–Kier alpha value is -1.18. The lowest BCUT2D eigenvalue weighted by molar-refractivity contribution is -0.162. The molecular formula is C13H24O7. The van der Waals surface area contributed by atoms with Gasteiger partial charge in [0.15, 0.2) is 6.10 Å². The number of aliphatic hydroxyl groups is 1. The summed E-state index contributed by atoms with van der Waals surface area (Å²) in [6.07, 6.45) is -2.66. The number of rotatable bonds is 10. The third-order valence-corrected chi connectivity index (χ3v) is 2.22. The lowest BCUT2D eigenvalue weighted by Gasteiger charge is -2.19. The van der Waals surface area contributed by atoms with Crippen LogP contribution in [0.15, 0.2) is 0 Å². The average molecular weight is 292 g/mol. The summed E-state index contributed by atoms with van der Waals surface area (Å²) in [7, 11) is 0. The Kier molecular flexibility index (Phi) is 9.11. The minimum Gasteiger partial charge on any atom is -0.481 e. The second-order valence-corrected chi connectivity index (χ2v) is 4.88. The van der Waals surface area contributed by atoms with E-state index in [0.29, 0.717) is 6.61 Å². The summed E-state index contributed by atoms with van der Waals surface area (Å²) >= 11 is 0. The van der Waals surface area contributed by atoms with Gasteiger partial charge in [-0.05, 0) is 27.7 Å². The highest BCUT2D eigenvalue weighted by molar-refractivity contribution is 5.80. The van der Waals surface area contributed by atoms with Crippen molar-refractivity contribution >= 4 is 11.9 Å². The van der Waals surface area contributed by atoms with Crippen molar-refractivity contribution in [2.24, 2.45) is 0 Å². The van der Waals surface area contributed by atoms with Crippen LogP contribution in [-0.4, -0.2) is 59.8 Å². The molecule has 7 nitrogen and oxygen atoms in total. The normalized spacial score (nSPS) is 15.7. The first-order valence-electron chi connectivity index (χ1n) is 6.56. The van der Waals surface area contributed by atoms with Crippen molar-refractivity contribution in [1.29, 1.82) is 0 Å². The van der Waals surface area contributed by atoms with Crippen LogP contribution in [0.4, 0.5) is 0 Å². The SMILES string of the molecule is CC(C)OC(C)COC(C)COC(=O)C(O)CC(=O)O. The Morgan fingerprint density at radius 2 is 1.65 bits per heavy atom. The van der Waals surface area contributed by atoms with Crippen LogP contribution in [0.1, 0.15) is 34.1 Å². The fourth-order valence-corrected chi connectivity index (χ4v) is 1.40. The number of carboxylic acids is 1. The van der Waals surface area contributed by atoms with Crippen LogP contribution in [-0.2, 0) is 23.8 Å². The second-order valence-electron chi connectivity index (χ2n) is 4.88. The molecule has 20 heavy (non-hydrogen) atoms. The van der Waals surface area contributed by atoms with Gasteiger partial charge >= 0.3 is 11.9 Å². The number of hydrogen-bond donors (Lipinski definition) is 2. The fraction of sp³-hybridized carbons (Fsp3) is 0.846. The van der Waals surface area contributed by atoms with Crippen molar-refractivity contribution in [1.82, 2.24) is 0 Å². The van der Waals surface area contributed by atoms with Gasteiger partial charge in [-0.1, -0.05) is 0 Å². The Morgan fingerprint density at radius 3 is 2.15 bits per heavy atom. The molecule has 0 rings (SSSR count). The maximum atomic E-state index is 11.3. The van der Waals surface area contributed by atoms with E-state index >= 15 is 0 Å². The van der Waals surface area contributed by atoms with Gasteiger partial charge in [-0.3, -0.25) is 4.79 Å². The molecule has 3 atom stereocenters.